The van der Waals surface area contributed by atoms with Gasteiger partial charge in [0, 0.05) is 10.0 Å². The summed E-state index contributed by atoms with van der Waals surface area (Å²) in [5.41, 5.74) is 0.236. The molecule has 6 nitrogen and oxygen atoms in total. The number of urea groups is 2. The molecule has 2 rings (SSSR count). The van der Waals surface area contributed by atoms with E-state index in [0.29, 0.717) is 10.0 Å². The van der Waals surface area contributed by atoms with Gasteiger partial charge in [-0.2, -0.15) is 0 Å². The van der Waals surface area contributed by atoms with Crippen molar-refractivity contribution in [1.29, 1.82) is 0 Å². The summed E-state index contributed by atoms with van der Waals surface area (Å²) in [4.78, 5) is 38.3. The zero-order chi connectivity index (χ0) is 18.1. The summed E-state index contributed by atoms with van der Waals surface area (Å²) < 4.78 is 0. The number of amides is 5. The van der Waals surface area contributed by atoms with Crippen molar-refractivity contribution in [3.05, 3.63) is 28.2 Å². The van der Waals surface area contributed by atoms with E-state index in [0.717, 1.165) is 15.6 Å². The molecule has 1 aromatic carbocycles. The normalized spacial score (nSPS) is 15.2. The van der Waals surface area contributed by atoms with Crippen LogP contribution >= 0.6 is 35.0 Å². The van der Waals surface area contributed by atoms with Crippen molar-refractivity contribution in [2.75, 3.05) is 17.2 Å². The van der Waals surface area contributed by atoms with Crippen LogP contribution in [0.15, 0.2) is 18.2 Å². The van der Waals surface area contributed by atoms with E-state index in [1.54, 1.807) is 0 Å². The van der Waals surface area contributed by atoms with Gasteiger partial charge < -0.3 is 5.32 Å². The predicted molar refractivity (Wildman–Crippen MR) is 96.8 cm³/mol. The SMILES string of the molecule is CCSC(C)(C)NC(=O)N1CC(=O)N(c2cc(Cl)cc(Cl)c2)C1=O. The highest BCUT2D eigenvalue weighted by Gasteiger charge is 2.42. The number of halogens is 2. The first-order chi connectivity index (χ1) is 11.1. The first-order valence-corrected chi connectivity index (χ1v) is 8.95. The topological polar surface area (TPSA) is 69.7 Å². The van der Waals surface area contributed by atoms with Crippen molar-refractivity contribution >= 4 is 58.6 Å². The van der Waals surface area contributed by atoms with Crippen molar-refractivity contribution < 1.29 is 14.4 Å². The standard InChI is InChI=1S/C15H17Cl2N3O3S/c1-4-24-15(2,3)18-13(22)19-8-12(21)20(14(19)23)11-6-9(16)5-10(17)7-11/h5-7H,4,8H2,1-3H3,(H,18,22). The summed E-state index contributed by atoms with van der Waals surface area (Å²) in [6.45, 7) is 5.29. The maximum absolute atomic E-state index is 12.5. The summed E-state index contributed by atoms with van der Waals surface area (Å²) >= 11 is 13.4. The van der Waals surface area contributed by atoms with E-state index in [9.17, 15) is 14.4 Å². The fourth-order valence-electron chi connectivity index (χ4n) is 2.30. The third-order valence-corrected chi connectivity index (χ3v) is 4.78. The zero-order valence-corrected chi connectivity index (χ0v) is 15.8. The highest BCUT2D eigenvalue weighted by Crippen LogP contribution is 2.29. The van der Waals surface area contributed by atoms with Gasteiger partial charge in [-0.25, -0.2) is 19.4 Å². The van der Waals surface area contributed by atoms with Gasteiger partial charge in [0.15, 0.2) is 0 Å². The fourth-order valence-corrected chi connectivity index (χ4v) is 3.70. The molecule has 0 unspecified atom stereocenters. The second-order valence-corrected chi connectivity index (χ2v) is 8.36. The molecule has 1 aliphatic heterocycles. The van der Waals surface area contributed by atoms with Gasteiger partial charge in [0.05, 0.1) is 10.6 Å². The van der Waals surface area contributed by atoms with E-state index in [-0.39, 0.29) is 12.2 Å². The maximum atomic E-state index is 12.5. The number of hydrogen-bond donors (Lipinski definition) is 1. The highest BCUT2D eigenvalue weighted by molar-refractivity contribution is 8.00. The van der Waals surface area contributed by atoms with Crippen molar-refractivity contribution in [1.82, 2.24) is 10.2 Å². The van der Waals surface area contributed by atoms with Gasteiger partial charge in [0.25, 0.3) is 5.91 Å². The van der Waals surface area contributed by atoms with Crippen LogP contribution in [0.1, 0.15) is 20.8 Å². The van der Waals surface area contributed by atoms with Gasteiger partial charge in [-0.05, 0) is 37.8 Å². The molecule has 0 atom stereocenters. The first kappa shape index (κ1) is 18.9. The van der Waals surface area contributed by atoms with Gasteiger partial charge in [0.1, 0.15) is 6.54 Å². The Morgan fingerprint density at radius 3 is 2.38 bits per heavy atom. The summed E-state index contributed by atoms with van der Waals surface area (Å²) in [6, 6.07) is 3.04. The molecule has 1 heterocycles. The summed E-state index contributed by atoms with van der Waals surface area (Å²) in [7, 11) is 0. The Kier molecular flexibility index (Phi) is 5.67. The van der Waals surface area contributed by atoms with E-state index in [4.69, 9.17) is 23.2 Å². The van der Waals surface area contributed by atoms with E-state index < -0.39 is 22.8 Å². The molecule has 0 saturated carbocycles. The Balaban J connectivity index is 2.21. The molecule has 1 aliphatic rings. The molecule has 1 saturated heterocycles. The van der Waals surface area contributed by atoms with Gasteiger partial charge in [-0.3, -0.25) is 4.79 Å². The van der Waals surface area contributed by atoms with Gasteiger partial charge in [-0.1, -0.05) is 30.1 Å². The average Bonchev–Trinajstić information content (AvgIpc) is 2.72. The third-order valence-electron chi connectivity index (χ3n) is 3.23. The van der Waals surface area contributed by atoms with Gasteiger partial charge in [0.2, 0.25) is 0 Å². The summed E-state index contributed by atoms with van der Waals surface area (Å²) in [6.07, 6.45) is 0. The van der Waals surface area contributed by atoms with E-state index in [1.165, 1.54) is 30.0 Å². The number of carbonyl (C=O) groups is 3. The van der Waals surface area contributed by atoms with Gasteiger partial charge >= 0.3 is 12.1 Å². The lowest BCUT2D eigenvalue weighted by Crippen LogP contribution is -2.49. The minimum absolute atomic E-state index is 0.236. The smallest absolute Gasteiger partial charge is 0.324 e. The van der Waals surface area contributed by atoms with Crippen LogP contribution < -0.4 is 10.2 Å². The van der Waals surface area contributed by atoms with Crippen LogP contribution in [0.25, 0.3) is 0 Å². The minimum atomic E-state index is -0.729. The largest absolute Gasteiger partial charge is 0.340 e. The molecule has 9 heteroatoms. The number of nitrogens with zero attached hydrogens (tertiary/aromatic N) is 2. The number of rotatable bonds is 4. The van der Waals surface area contributed by atoms with Crippen LogP contribution in [0, 0.1) is 0 Å². The molecule has 24 heavy (non-hydrogen) atoms. The molecule has 1 fully saturated rings. The molecule has 1 aromatic rings. The monoisotopic (exact) mass is 389 g/mol. The van der Waals surface area contributed by atoms with Crippen molar-refractivity contribution in [2.45, 2.75) is 25.6 Å². The average molecular weight is 390 g/mol. The Bertz CT molecular complexity index is 676. The number of thioether (sulfide) groups is 1. The van der Waals surface area contributed by atoms with Crippen LogP contribution in [0.3, 0.4) is 0 Å². The van der Waals surface area contributed by atoms with Crippen molar-refractivity contribution in [3.63, 3.8) is 0 Å². The second-order valence-electron chi connectivity index (χ2n) is 5.60. The fraction of sp³-hybridized carbons (Fsp3) is 0.400. The van der Waals surface area contributed by atoms with Crippen LogP contribution in [0.5, 0.6) is 0 Å². The number of imide groups is 2. The molecule has 5 amide bonds. The van der Waals surface area contributed by atoms with Crippen molar-refractivity contribution in [3.8, 4) is 0 Å². The number of anilines is 1. The van der Waals surface area contributed by atoms with Crippen LogP contribution in [-0.2, 0) is 4.79 Å². The van der Waals surface area contributed by atoms with E-state index in [2.05, 4.69) is 5.32 Å². The number of carbonyl (C=O) groups excluding carboxylic acids is 3. The van der Waals surface area contributed by atoms with Crippen molar-refractivity contribution in [2.24, 2.45) is 0 Å². The highest BCUT2D eigenvalue weighted by atomic mass is 35.5. The zero-order valence-electron chi connectivity index (χ0n) is 13.4. The minimum Gasteiger partial charge on any atom is -0.324 e. The molecule has 0 radical (unpaired) electrons. The quantitative estimate of drug-likeness (QED) is 0.624. The molecular formula is C15H17Cl2N3O3S. The first-order valence-electron chi connectivity index (χ1n) is 7.21. The van der Waals surface area contributed by atoms with Crippen LogP contribution in [0.4, 0.5) is 15.3 Å². The Hall–Kier alpha value is -1.44. The summed E-state index contributed by atoms with van der Waals surface area (Å²) in [5, 5.41) is 3.33. The molecule has 0 aromatic heterocycles. The Morgan fingerprint density at radius 1 is 1.25 bits per heavy atom. The number of hydrogen-bond acceptors (Lipinski definition) is 4. The summed E-state index contributed by atoms with van der Waals surface area (Å²) in [5.74, 6) is 0.280. The molecule has 0 spiro atoms. The third kappa shape index (κ3) is 4.15. The molecule has 0 aliphatic carbocycles. The Morgan fingerprint density at radius 2 is 1.83 bits per heavy atom. The lowest BCUT2D eigenvalue weighted by Gasteiger charge is -2.27. The van der Waals surface area contributed by atoms with E-state index in [1.807, 2.05) is 20.8 Å². The molecule has 130 valence electrons. The molecular weight excluding hydrogens is 373 g/mol. The maximum Gasteiger partial charge on any atom is 0.340 e. The number of nitrogens with one attached hydrogen (secondary N) is 1. The van der Waals surface area contributed by atoms with E-state index >= 15 is 0 Å². The van der Waals surface area contributed by atoms with Gasteiger partial charge in [-0.15, -0.1) is 11.8 Å². The lowest BCUT2D eigenvalue weighted by molar-refractivity contribution is -0.116. The Labute approximate surface area is 154 Å². The van der Waals surface area contributed by atoms with Crippen LogP contribution in [0.2, 0.25) is 10.0 Å². The lowest BCUT2D eigenvalue weighted by atomic mass is 10.3. The second kappa shape index (κ2) is 7.21. The van der Waals surface area contributed by atoms with Crippen LogP contribution in [-0.4, -0.2) is 40.0 Å². The number of benzene rings is 1. The molecule has 1 N–H and O–H groups in total. The molecule has 0 bridgehead atoms. The predicted octanol–water partition coefficient (Wildman–Crippen LogP) is 3.96.